The van der Waals surface area contributed by atoms with Gasteiger partial charge in [-0.2, -0.15) is 0 Å². The highest BCUT2D eigenvalue weighted by molar-refractivity contribution is 5.95. The van der Waals surface area contributed by atoms with Crippen LogP contribution in [0.4, 0.5) is 0 Å². The number of ether oxygens (including phenoxy) is 2. The zero-order valence-corrected chi connectivity index (χ0v) is 11.9. The van der Waals surface area contributed by atoms with E-state index in [0.717, 1.165) is 5.56 Å². The number of hydrogen-bond donors (Lipinski definition) is 1. The lowest BCUT2D eigenvalue weighted by Gasteiger charge is -2.21. The van der Waals surface area contributed by atoms with Crippen LogP contribution in [-0.2, 0) is 16.1 Å². The van der Waals surface area contributed by atoms with Gasteiger partial charge < -0.3 is 14.6 Å². The van der Waals surface area contributed by atoms with Gasteiger partial charge >= 0.3 is 0 Å². The van der Waals surface area contributed by atoms with Crippen LogP contribution >= 0.6 is 0 Å². The summed E-state index contributed by atoms with van der Waals surface area (Å²) in [4.78, 5) is 11.8. The molecule has 0 aliphatic carbocycles. The second kappa shape index (κ2) is 6.56. The number of rotatable bonds is 4. The van der Waals surface area contributed by atoms with Gasteiger partial charge in [-0.1, -0.05) is 42.5 Å². The van der Waals surface area contributed by atoms with Crippen LogP contribution in [0.5, 0.6) is 5.75 Å². The summed E-state index contributed by atoms with van der Waals surface area (Å²) >= 11 is 0. The van der Waals surface area contributed by atoms with E-state index in [4.69, 9.17) is 9.47 Å². The average molecular weight is 296 g/mol. The van der Waals surface area contributed by atoms with E-state index in [2.05, 4.69) is 0 Å². The summed E-state index contributed by atoms with van der Waals surface area (Å²) in [6.45, 7) is 0.487. The molecule has 0 saturated carbocycles. The fourth-order valence-corrected chi connectivity index (χ4v) is 2.24. The van der Waals surface area contributed by atoms with Crippen molar-refractivity contribution in [1.82, 2.24) is 0 Å². The number of carbonyl (C=O) groups is 1. The number of benzene rings is 2. The van der Waals surface area contributed by atoms with Crippen LogP contribution in [-0.4, -0.2) is 17.2 Å². The van der Waals surface area contributed by atoms with Crippen LogP contribution in [0.3, 0.4) is 0 Å². The van der Waals surface area contributed by atoms with E-state index in [0.29, 0.717) is 17.9 Å². The Morgan fingerprint density at radius 3 is 2.50 bits per heavy atom. The molecule has 0 saturated heterocycles. The number of aliphatic hydroxyl groups is 1. The monoisotopic (exact) mass is 296 g/mol. The van der Waals surface area contributed by atoms with Crippen LogP contribution in [0, 0.1) is 0 Å². The Balaban J connectivity index is 1.65. The van der Waals surface area contributed by atoms with Gasteiger partial charge in [0.05, 0.1) is 0 Å². The summed E-state index contributed by atoms with van der Waals surface area (Å²) in [6, 6.07) is 17.0. The third kappa shape index (κ3) is 3.42. The fourth-order valence-electron chi connectivity index (χ4n) is 2.24. The molecule has 0 spiro atoms. The third-order valence-corrected chi connectivity index (χ3v) is 3.39. The van der Waals surface area contributed by atoms with Crippen molar-refractivity contribution < 1.29 is 19.4 Å². The van der Waals surface area contributed by atoms with Crippen molar-refractivity contribution in [2.24, 2.45) is 0 Å². The van der Waals surface area contributed by atoms with Crippen molar-refractivity contribution in [3.05, 3.63) is 77.9 Å². The van der Waals surface area contributed by atoms with E-state index in [1.165, 1.54) is 12.2 Å². The molecule has 0 unspecified atom stereocenters. The number of aliphatic hydroxyl groups excluding tert-OH is 1. The molecule has 0 fully saturated rings. The van der Waals surface area contributed by atoms with Crippen molar-refractivity contribution in [2.75, 3.05) is 0 Å². The van der Waals surface area contributed by atoms with Gasteiger partial charge in [0.25, 0.3) is 0 Å². The van der Waals surface area contributed by atoms with Crippen LogP contribution in [0.15, 0.2) is 66.7 Å². The van der Waals surface area contributed by atoms with Gasteiger partial charge in [0, 0.05) is 0 Å². The molecular formula is C18H16O4. The van der Waals surface area contributed by atoms with Gasteiger partial charge in [-0.25, -0.2) is 0 Å². The number of carbonyl (C=O) groups excluding carboxylic acids is 1. The van der Waals surface area contributed by atoms with E-state index in [9.17, 15) is 9.90 Å². The van der Waals surface area contributed by atoms with Crippen molar-refractivity contribution in [2.45, 2.75) is 19.0 Å². The van der Waals surface area contributed by atoms with Crippen LogP contribution in [0.2, 0.25) is 0 Å². The molecule has 1 heterocycles. The molecule has 4 heteroatoms. The van der Waals surface area contributed by atoms with E-state index in [1.54, 1.807) is 24.3 Å². The molecule has 4 nitrogen and oxygen atoms in total. The Bertz CT molecular complexity index is 661. The van der Waals surface area contributed by atoms with E-state index >= 15 is 0 Å². The highest BCUT2D eigenvalue weighted by Gasteiger charge is 2.25. The molecule has 112 valence electrons. The minimum absolute atomic E-state index is 0.178. The first-order chi connectivity index (χ1) is 10.7. The van der Waals surface area contributed by atoms with Crippen molar-refractivity contribution >= 4 is 5.78 Å². The lowest BCUT2D eigenvalue weighted by atomic mass is 10.0. The predicted molar refractivity (Wildman–Crippen MR) is 81.2 cm³/mol. The topological polar surface area (TPSA) is 55.8 Å². The molecule has 0 aromatic heterocycles. The lowest BCUT2D eigenvalue weighted by Crippen LogP contribution is -2.24. The van der Waals surface area contributed by atoms with Crippen LogP contribution in [0.1, 0.15) is 17.2 Å². The minimum Gasteiger partial charge on any atom is -0.489 e. The van der Waals surface area contributed by atoms with Gasteiger partial charge in [-0.3, -0.25) is 4.79 Å². The zero-order valence-electron chi connectivity index (χ0n) is 11.9. The molecule has 0 bridgehead atoms. The van der Waals surface area contributed by atoms with Gasteiger partial charge in [0.1, 0.15) is 18.5 Å². The Kier molecular flexibility index (Phi) is 4.32. The largest absolute Gasteiger partial charge is 0.489 e. The molecule has 2 aromatic rings. The maximum absolute atomic E-state index is 11.8. The van der Waals surface area contributed by atoms with Crippen molar-refractivity contribution in [3.63, 3.8) is 0 Å². The SMILES string of the molecule is O=C1C=C[C@H](O)O[C@H]1c1ccc(OCc2ccccc2)cc1. The zero-order chi connectivity index (χ0) is 15.4. The Labute approximate surface area is 128 Å². The number of hydrogen-bond acceptors (Lipinski definition) is 4. The molecule has 0 amide bonds. The van der Waals surface area contributed by atoms with E-state index in [-0.39, 0.29) is 5.78 Å². The normalized spacial score (nSPS) is 20.9. The lowest BCUT2D eigenvalue weighted by molar-refractivity contribution is -0.149. The van der Waals surface area contributed by atoms with Crippen molar-refractivity contribution in [1.29, 1.82) is 0 Å². The Hall–Kier alpha value is -2.43. The second-order valence-corrected chi connectivity index (χ2v) is 5.01. The molecule has 1 N–H and O–H groups in total. The quantitative estimate of drug-likeness (QED) is 0.942. The first-order valence-corrected chi connectivity index (χ1v) is 7.04. The smallest absolute Gasteiger partial charge is 0.188 e. The number of ketones is 1. The highest BCUT2D eigenvalue weighted by atomic mass is 16.6. The predicted octanol–water partition coefficient (Wildman–Crippen LogP) is 2.78. The van der Waals surface area contributed by atoms with Gasteiger partial charge in [-0.15, -0.1) is 0 Å². The molecule has 1 aliphatic rings. The summed E-state index contributed by atoms with van der Waals surface area (Å²) in [7, 11) is 0. The van der Waals surface area contributed by atoms with Gasteiger partial charge in [-0.05, 0) is 35.4 Å². The fraction of sp³-hybridized carbons (Fsp3) is 0.167. The molecular weight excluding hydrogens is 280 g/mol. The maximum Gasteiger partial charge on any atom is 0.188 e. The summed E-state index contributed by atoms with van der Waals surface area (Å²) in [5.74, 6) is 0.537. The molecule has 2 aromatic carbocycles. The van der Waals surface area contributed by atoms with Crippen LogP contribution in [0.25, 0.3) is 0 Å². The van der Waals surface area contributed by atoms with E-state index < -0.39 is 12.4 Å². The second-order valence-electron chi connectivity index (χ2n) is 5.01. The molecule has 22 heavy (non-hydrogen) atoms. The van der Waals surface area contributed by atoms with Crippen molar-refractivity contribution in [3.8, 4) is 5.75 Å². The van der Waals surface area contributed by atoms with Gasteiger partial charge in [0.2, 0.25) is 0 Å². The first kappa shape index (κ1) is 14.5. The Morgan fingerprint density at radius 1 is 1.05 bits per heavy atom. The maximum atomic E-state index is 11.8. The first-order valence-electron chi connectivity index (χ1n) is 7.04. The minimum atomic E-state index is -1.04. The third-order valence-electron chi connectivity index (χ3n) is 3.39. The summed E-state index contributed by atoms with van der Waals surface area (Å²) < 4.78 is 10.9. The summed E-state index contributed by atoms with van der Waals surface area (Å²) in [5, 5.41) is 9.44. The Morgan fingerprint density at radius 2 is 1.77 bits per heavy atom. The average Bonchev–Trinajstić information content (AvgIpc) is 2.57. The summed E-state index contributed by atoms with van der Waals surface area (Å²) in [5.41, 5.74) is 1.78. The van der Waals surface area contributed by atoms with E-state index in [1.807, 2.05) is 30.3 Å². The molecule has 0 radical (unpaired) electrons. The highest BCUT2D eigenvalue weighted by Crippen LogP contribution is 2.26. The molecule has 2 atom stereocenters. The summed E-state index contributed by atoms with van der Waals surface area (Å²) in [6.07, 6.45) is 0.870. The van der Waals surface area contributed by atoms with Crippen LogP contribution < -0.4 is 4.74 Å². The molecule has 1 aliphatic heterocycles. The molecule has 3 rings (SSSR count). The standard InChI is InChI=1S/C18H16O4/c19-16-10-11-17(20)22-18(16)14-6-8-15(9-7-14)21-12-13-4-2-1-3-5-13/h1-11,17-18,20H,12H2/t17-,18+/m1/s1. The van der Waals surface area contributed by atoms with Gasteiger partial charge in [0.15, 0.2) is 12.1 Å².